The summed E-state index contributed by atoms with van der Waals surface area (Å²) in [6.45, 7) is 4.49. The van der Waals surface area contributed by atoms with Crippen LogP contribution in [-0.2, 0) is 12.8 Å². The molecule has 0 aromatic heterocycles. The molecule has 2 aromatic rings. The van der Waals surface area contributed by atoms with Crippen LogP contribution in [0.3, 0.4) is 0 Å². The second kappa shape index (κ2) is 6.19. The molecule has 0 bridgehead atoms. The number of rotatable bonds is 4. The Hall–Kier alpha value is -1.34. The van der Waals surface area contributed by atoms with E-state index in [1.165, 1.54) is 57.1 Å². The molecule has 0 spiro atoms. The van der Waals surface area contributed by atoms with Crippen molar-refractivity contribution in [1.29, 1.82) is 0 Å². The Bertz CT molecular complexity index is 695. The van der Waals surface area contributed by atoms with Crippen LogP contribution in [0, 0.1) is 6.92 Å². The molecule has 0 fully saturated rings. The SMILES string of the molecule is CCCCc1ccccc1-c1c(C)cc(Br)c2c1CC=C2. The van der Waals surface area contributed by atoms with Crippen molar-refractivity contribution in [3.8, 4) is 11.1 Å². The van der Waals surface area contributed by atoms with Gasteiger partial charge in [0, 0.05) is 4.47 Å². The smallest absolute Gasteiger partial charge is 0.0253 e. The van der Waals surface area contributed by atoms with Gasteiger partial charge in [0.25, 0.3) is 0 Å². The zero-order chi connectivity index (χ0) is 14.8. The summed E-state index contributed by atoms with van der Waals surface area (Å²) in [5, 5.41) is 0. The van der Waals surface area contributed by atoms with Crippen molar-refractivity contribution >= 4 is 22.0 Å². The number of allylic oxidation sites excluding steroid dienone is 1. The molecular formula is C20H21Br. The second-order valence-corrected chi connectivity index (χ2v) is 6.66. The Morgan fingerprint density at radius 3 is 2.81 bits per heavy atom. The maximum absolute atomic E-state index is 3.71. The van der Waals surface area contributed by atoms with Crippen LogP contribution < -0.4 is 0 Å². The highest BCUT2D eigenvalue weighted by atomic mass is 79.9. The zero-order valence-electron chi connectivity index (χ0n) is 12.7. The summed E-state index contributed by atoms with van der Waals surface area (Å²) in [7, 11) is 0. The van der Waals surface area contributed by atoms with Crippen molar-refractivity contribution in [1.82, 2.24) is 0 Å². The fourth-order valence-corrected chi connectivity index (χ4v) is 3.98. The molecular weight excluding hydrogens is 320 g/mol. The highest BCUT2D eigenvalue weighted by Gasteiger charge is 2.18. The van der Waals surface area contributed by atoms with Crippen molar-refractivity contribution in [2.45, 2.75) is 39.5 Å². The topological polar surface area (TPSA) is 0 Å². The minimum atomic E-state index is 1.05. The van der Waals surface area contributed by atoms with Crippen LogP contribution >= 0.6 is 15.9 Å². The summed E-state index contributed by atoms with van der Waals surface area (Å²) < 4.78 is 1.22. The molecule has 0 heterocycles. The van der Waals surface area contributed by atoms with Gasteiger partial charge in [0.1, 0.15) is 0 Å². The molecule has 0 amide bonds. The van der Waals surface area contributed by atoms with E-state index in [2.05, 4.69) is 72.3 Å². The molecule has 0 saturated carbocycles. The standard InChI is InChI=1S/C20H21Br/c1-3-4-8-15-9-5-6-10-16(15)20-14(2)13-19(21)17-11-7-12-18(17)20/h5-7,9-11,13H,3-4,8,12H2,1-2H3. The highest BCUT2D eigenvalue weighted by molar-refractivity contribution is 9.10. The molecule has 0 N–H and O–H groups in total. The molecule has 108 valence electrons. The van der Waals surface area contributed by atoms with Gasteiger partial charge in [-0.25, -0.2) is 0 Å². The van der Waals surface area contributed by atoms with E-state index < -0.39 is 0 Å². The lowest BCUT2D eigenvalue weighted by Crippen LogP contribution is -1.98. The minimum absolute atomic E-state index is 1.05. The Morgan fingerprint density at radius 2 is 2.00 bits per heavy atom. The third-order valence-electron chi connectivity index (χ3n) is 4.31. The fraction of sp³-hybridized carbons (Fsp3) is 0.300. The Labute approximate surface area is 136 Å². The lowest BCUT2D eigenvalue weighted by molar-refractivity contribution is 0.796. The van der Waals surface area contributed by atoms with Crippen LogP contribution in [-0.4, -0.2) is 0 Å². The molecule has 3 rings (SSSR count). The second-order valence-electron chi connectivity index (χ2n) is 5.81. The van der Waals surface area contributed by atoms with E-state index in [4.69, 9.17) is 0 Å². The summed E-state index contributed by atoms with van der Waals surface area (Å²) >= 11 is 3.71. The maximum atomic E-state index is 3.71. The largest absolute Gasteiger partial charge is 0.0794 e. The number of benzene rings is 2. The molecule has 2 aromatic carbocycles. The zero-order valence-corrected chi connectivity index (χ0v) is 14.3. The van der Waals surface area contributed by atoms with Gasteiger partial charge in [0.15, 0.2) is 0 Å². The Kier molecular flexibility index (Phi) is 4.30. The van der Waals surface area contributed by atoms with Gasteiger partial charge in [-0.3, -0.25) is 0 Å². The predicted octanol–water partition coefficient (Wildman–Crippen LogP) is 6.34. The van der Waals surface area contributed by atoms with E-state index >= 15 is 0 Å². The van der Waals surface area contributed by atoms with Gasteiger partial charge in [-0.1, -0.05) is 65.7 Å². The summed E-state index contributed by atoms with van der Waals surface area (Å²) in [6, 6.07) is 11.2. The molecule has 1 aliphatic rings. The first-order valence-corrected chi connectivity index (χ1v) is 8.58. The van der Waals surface area contributed by atoms with E-state index in [-0.39, 0.29) is 0 Å². The van der Waals surface area contributed by atoms with Crippen LogP contribution in [0.15, 0.2) is 40.9 Å². The van der Waals surface area contributed by atoms with Gasteiger partial charge >= 0.3 is 0 Å². The number of hydrogen-bond acceptors (Lipinski definition) is 0. The number of hydrogen-bond donors (Lipinski definition) is 0. The van der Waals surface area contributed by atoms with Gasteiger partial charge in [0.05, 0.1) is 0 Å². The first-order chi connectivity index (χ1) is 10.2. The molecule has 1 aliphatic carbocycles. The maximum Gasteiger partial charge on any atom is 0.0253 e. The number of aryl methyl sites for hydroxylation is 2. The van der Waals surface area contributed by atoms with Crippen molar-refractivity contribution < 1.29 is 0 Å². The van der Waals surface area contributed by atoms with Gasteiger partial charge in [-0.15, -0.1) is 0 Å². The third-order valence-corrected chi connectivity index (χ3v) is 4.97. The number of fused-ring (bicyclic) bond motifs is 1. The van der Waals surface area contributed by atoms with Crippen LogP contribution in [0.4, 0.5) is 0 Å². The average Bonchev–Trinajstić information content (AvgIpc) is 2.96. The molecule has 1 heteroatoms. The summed E-state index contributed by atoms with van der Waals surface area (Å²) in [4.78, 5) is 0. The van der Waals surface area contributed by atoms with Crippen LogP contribution in [0.25, 0.3) is 17.2 Å². The predicted molar refractivity (Wildman–Crippen MR) is 95.7 cm³/mol. The van der Waals surface area contributed by atoms with E-state index in [1.54, 1.807) is 0 Å². The van der Waals surface area contributed by atoms with Crippen LogP contribution in [0.1, 0.15) is 42.0 Å². The van der Waals surface area contributed by atoms with Gasteiger partial charge in [-0.05, 0) is 65.6 Å². The molecule has 0 radical (unpaired) electrons. The third kappa shape index (κ3) is 2.72. The Morgan fingerprint density at radius 1 is 1.19 bits per heavy atom. The molecule has 0 saturated heterocycles. The molecule has 0 nitrogen and oxygen atoms in total. The lowest BCUT2D eigenvalue weighted by Gasteiger charge is -2.17. The summed E-state index contributed by atoms with van der Waals surface area (Å²) in [5.74, 6) is 0. The van der Waals surface area contributed by atoms with E-state index in [1.807, 2.05) is 0 Å². The highest BCUT2D eigenvalue weighted by Crippen LogP contribution is 2.39. The van der Waals surface area contributed by atoms with Crippen molar-refractivity contribution in [3.63, 3.8) is 0 Å². The van der Waals surface area contributed by atoms with Crippen molar-refractivity contribution in [2.24, 2.45) is 0 Å². The molecule has 0 atom stereocenters. The van der Waals surface area contributed by atoms with Gasteiger partial charge in [0.2, 0.25) is 0 Å². The quantitative estimate of drug-likeness (QED) is 0.609. The lowest BCUT2D eigenvalue weighted by atomic mass is 9.88. The van der Waals surface area contributed by atoms with Crippen molar-refractivity contribution in [3.05, 3.63) is 63.1 Å². The van der Waals surface area contributed by atoms with Crippen LogP contribution in [0.5, 0.6) is 0 Å². The van der Waals surface area contributed by atoms with Crippen molar-refractivity contribution in [2.75, 3.05) is 0 Å². The first kappa shape index (κ1) is 14.6. The minimum Gasteiger partial charge on any atom is -0.0794 e. The monoisotopic (exact) mass is 340 g/mol. The Balaban J connectivity index is 2.16. The van der Waals surface area contributed by atoms with E-state index in [0.29, 0.717) is 0 Å². The summed E-state index contributed by atoms with van der Waals surface area (Å²) in [5.41, 5.74) is 8.57. The van der Waals surface area contributed by atoms with Gasteiger partial charge < -0.3 is 0 Å². The molecule has 0 aliphatic heterocycles. The normalized spacial score (nSPS) is 12.7. The number of unbranched alkanes of at least 4 members (excludes halogenated alkanes) is 1. The fourth-order valence-electron chi connectivity index (χ4n) is 3.27. The number of halogens is 1. The van der Waals surface area contributed by atoms with E-state index in [9.17, 15) is 0 Å². The molecule has 21 heavy (non-hydrogen) atoms. The summed E-state index contributed by atoms with van der Waals surface area (Å²) in [6.07, 6.45) is 9.24. The average molecular weight is 341 g/mol. The van der Waals surface area contributed by atoms with Crippen LogP contribution in [0.2, 0.25) is 0 Å². The molecule has 0 unspecified atom stereocenters. The van der Waals surface area contributed by atoms with Gasteiger partial charge in [-0.2, -0.15) is 0 Å². The first-order valence-electron chi connectivity index (χ1n) is 7.79. The van der Waals surface area contributed by atoms with E-state index in [0.717, 1.165) is 6.42 Å².